The van der Waals surface area contributed by atoms with E-state index in [2.05, 4.69) is 149 Å². The summed E-state index contributed by atoms with van der Waals surface area (Å²) in [6.45, 7) is 2.78. The summed E-state index contributed by atoms with van der Waals surface area (Å²) >= 11 is 0. The van der Waals surface area contributed by atoms with Gasteiger partial charge in [-0.25, -0.2) is 0 Å². The fraction of sp³-hybridized carbons (Fsp3) is 0.116. The van der Waals surface area contributed by atoms with Crippen molar-refractivity contribution in [1.82, 2.24) is 0 Å². The molecule has 0 saturated carbocycles. The van der Waals surface area contributed by atoms with Crippen LogP contribution in [0.2, 0.25) is 0 Å². The molecule has 0 amide bonds. The van der Waals surface area contributed by atoms with Crippen LogP contribution in [-0.2, 0) is 19.5 Å². The average molecular weight is 611 g/mol. The minimum Gasteiger partial charge on any atom is -0.472 e. The van der Waals surface area contributed by atoms with E-state index >= 15 is 0 Å². The first kappa shape index (κ1) is 27.6. The van der Waals surface area contributed by atoms with Crippen molar-refractivity contribution in [1.29, 1.82) is 0 Å². The SMILES string of the molecule is c1ccc(N2COc3c(ccc4ccc(Cc5ccc(-c6ccc7ccc8c(c7c6)OCN(c6ccccc6)C8)cc5)cc34)C2)cc1. The zero-order valence-electron chi connectivity index (χ0n) is 26.1. The van der Waals surface area contributed by atoms with Crippen LogP contribution in [0, 0.1) is 0 Å². The summed E-state index contributed by atoms with van der Waals surface area (Å²) in [5.41, 5.74) is 9.79. The minimum absolute atomic E-state index is 0.547. The molecule has 0 N–H and O–H groups in total. The number of anilines is 2. The van der Waals surface area contributed by atoms with Crippen LogP contribution in [0.15, 0.2) is 146 Å². The number of hydrogen-bond acceptors (Lipinski definition) is 4. The van der Waals surface area contributed by atoms with Gasteiger partial charge in [0.1, 0.15) is 11.5 Å². The lowest BCUT2D eigenvalue weighted by atomic mass is 9.96. The van der Waals surface area contributed by atoms with Gasteiger partial charge in [-0.2, -0.15) is 0 Å². The molecule has 0 aromatic heterocycles. The minimum atomic E-state index is 0.547. The number of ether oxygens (including phenoxy) is 2. The molecule has 9 rings (SSSR count). The fourth-order valence-electron chi connectivity index (χ4n) is 7.05. The van der Waals surface area contributed by atoms with Crippen molar-refractivity contribution in [2.45, 2.75) is 19.5 Å². The highest BCUT2D eigenvalue weighted by atomic mass is 16.5. The van der Waals surface area contributed by atoms with Gasteiger partial charge in [0.15, 0.2) is 13.5 Å². The normalized spacial score (nSPS) is 14.0. The number of rotatable bonds is 5. The van der Waals surface area contributed by atoms with Crippen LogP contribution in [0.1, 0.15) is 22.3 Å². The largest absolute Gasteiger partial charge is 0.472 e. The van der Waals surface area contributed by atoms with Gasteiger partial charge >= 0.3 is 0 Å². The predicted octanol–water partition coefficient (Wildman–Crippen LogP) is 9.96. The van der Waals surface area contributed by atoms with Gasteiger partial charge in [0.2, 0.25) is 0 Å². The zero-order chi connectivity index (χ0) is 31.2. The Hall–Kier alpha value is -5.74. The Labute approximate surface area is 275 Å². The lowest BCUT2D eigenvalue weighted by molar-refractivity contribution is 0.293. The van der Waals surface area contributed by atoms with Crippen molar-refractivity contribution >= 4 is 32.9 Å². The number of para-hydroxylation sites is 2. The molecule has 7 aromatic carbocycles. The lowest BCUT2D eigenvalue weighted by Gasteiger charge is -2.31. The Balaban J connectivity index is 0.949. The second-order valence-corrected chi connectivity index (χ2v) is 12.6. The third-order valence-electron chi connectivity index (χ3n) is 9.56. The molecular weight excluding hydrogens is 576 g/mol. The van der Waals surface area contributed by atoms with Crippen molar-refractivity contribution in [3.05, 3.63) is 168 Å². The number of benzene rings is 7. The van der Waals surface area contributed by atoms with Gasteiger partial charge in [-0.05, 0) is 75.8 Å². The van der Waals surface area contributed by atoms with E-state index < -0.39 is 0 Å². The van der Waals surface area contributed by atoms with E-state index in [1.807, 2.05) is 6.07 Å². The first-order chi connectivity index (χ1) is 23.2. The summed E-state index contributed by atoms with van der Waals surface area (Å²) in [7, 11) is 0. The highest BCUT2D eigenvalue weighted by molar-refractivity contribution is 5.94. The third-order valence-corrected chi connectivity index (χ3v) is 9.56. The van der Waals surface area contributed by atoms with Crippen LogP contribution in [0.5, 0.6) is 11.5 Å². The second kappa shape index (κ2) is 11.6. The van der Waals surface area contributed by atoms with E-state index in [-0.39, 0.29) is 0 Å². The molecule has 0 atom stereocenters. The molecule has 0 radical (unpaired) electrons. The maximum atomic E-state index is 6.39. The standard InChI is InChI=1S/C43H34N2O2/c1-3-7-38(8-4-1)44-26-36-21-18-33-16-13-31(24-40(33)42(36)46-28-44)23-30-11-14-32(15-12-30)35-20-17-34-19-22-37-27-45(39-9-5-2-6-10-39)29-47-43(37)41(34)25-35/h1-22,24-25H,23,26-29H2. The smallest absolute Gasteiger partial charge is 0.161 e. The van der Waals surface area contributed by atoms with Gasteiger partial charge in [0.05, 0.1) is 0 Å². The van der Waals surface area contributed by atoms with E-state index in [1.54, 1.807) is 0 Å². The van der Waals surface area contributed by atoms with Crippen molar-refractivity contribution in [2.75, 3.05) is 23.3 Å². The molecule has 47 heavy (non-hydrogen) atoms. The van der Waals surface area contributed by atoms with Crippen LogP contribution in [0.3, 0.4) is 0 Å². The predicted molar refractivity (Wildman–Crippen MR) is 192 cm³/mol. The van der Waals surface area contributed by atoms with E-state index in [0.29, 0.717) is 13.5 Å². The Morgan fingerprint density at radius 3 is 1.53 bits per heavy atom. The Morgan fingerprint density at radius 1 is 0.447 bits per heavy atom. The molecule has 2 heterocycles. The zero-order valence-corrected chi connectivity index (χ0v) is 26.1. The summed E-state index contributed by atoms with van der Waals surface area (Å²) in [6.07, 6.45) is 0.868. The molecular formula is C43H34N2O2. The monoisotopic (exact) mass is 610 g/mol. The highest BCUT2D eigenvalue weighted by Crippen LogP contribution is 2.38. The third kappa shape index (κ3) is 5.22. The Kier molecular flexibility index (Phi) is 6.78. The van der Waals surface area contributed by atoms with Crippen LogP contribution in [0.25, 0.3) is 32.7 Å². The summed E-state index contributed by atoms with van der Waals surface area (Å²) in [6, 6.07) is 52.3. The van der Waals surface area contributed by atoms with Crippen LogP contribution in [0.4, 0.5) is 11.4 Å². The molecule has 7 aromatic rings. The van der Waals surface area contributed by atoms with Gasteiger partial charge in [-0.3, -0.25) is 0 Å². The van der Waals surface area contributed by atoms with E-state index in [1.165, 1.54) is 66.3 Å². The maximum Gasteiger partial charge on any atom is 0.161 e. The summed E-state index contributed by atoms with van der Waals surface area (Å²) in [4.78, 5) is 4.55. The molecule has 2 aliphatic rings. The lowest BCUT2D eigenvalue weighted by Crippen LogP contribution is -2.31. The number of nitrogens with zero attached hydrogens (tertiary/aromatic N) is 2. The highest BCUT2D eigenvalue weighted by Gasteiger charge is 2.21. The molecule has 0 saturated heterocycles. The molecule has 4 nitrogen and oxygen atoms in total. The molecule has 0 bridgehead atoms. The van der Waals surface area contributed by atoms with Crippen LogP contribution in [-0.4, -0.2) is 13.5 Å². The molecule has 228 valence electrons. The second-order valence-electron chi connectivity index (χ2n) is 12.6. The molecule has 2 aliphatic heterocycles. The maximum absolute atomic E-state index is 6.39. The van der Waals surface area contributed by atoms with Crippen molar-refractivity contribution < 1.29 is 9.47 Å². The molecule has 4 heteroatoms. The van der Waals surface area contributed by atoms with Crippen molar-refractivity contribution in [3.8, 4) is 22.6 Å². The summed E-state index contributed by atoms with van der Waals surface area (Å²) < 4.78 is 12.8. The Bertz CT molecular complexity index is 2230. The van der Waals surface area contributed by atoms with Gasteiger partial charge in [-0.1, -0.05) is 109 Å². The fourth-order valence-corrected chi connectivity index (χ4v) is 7.05. The first-order valence-electron chi connectivity index (χ1n) is 16.3. The summed E-state index contributed by atoms with van der Waals surface area (Å²) in [5, 5.41) is 4.78. The molecule has 0 fully saturated rings. The van der Waals surface area contributed by atoms with Crippen molar-refractivity contribution in [3.63, 3.8) is 0 Å². The van der Waals surface area contributed by atoms with Gasteiger partial charge in [0, 0.05) is 46.4 Å². The Morgan fingerprint density at radius 2 is 0.936 bits per heavy atom. The van der Waals surface area contributed by atoms with E-state index in [9.17, 15) is 0 Å². The topological polar surface area (TPSA) is 24.9 Å². The van der Waals surface area contributed by atoms with E-state index in [0.717, 1.165) is 31.0 Å². The average Bonchev–Trinajstić information content (AvgIpc) is 3.15. The quantitative estimate of drug-likeness (QED) is 0.194. The molecule has 0 unspecified atom stereocenters. The van der Waals surface area contributed by atoms with E-state index in [4.69, 9.17) is 9.47 Å². The summed E-state index contributed by atoms with van der Waals surface area (Å²) in [5.74, 6) is 2.02. The first-order valence-corrected chi connectivity index (χ1v) is 16.3. The number of hydrogen-bond donors (Lipinski definition) is 0. The van der Waals surface area contributed by atoms with Gasteiger partial charge in [-0.15, -0.1) is 0 Å². The van der Waals surface area contributed by atoms with Crippen LogP contribution >= 0.6 is 0 Å². The molecule has 0 spiro atoms. The van der Waals surface area contributed by atoms with Crippen LogP contribution < -0.4 is 19.3 Å². The number of fused-ring (bicyclic) bond motifs is 6. The van der Waals surface area contributed by atoms with Gasteiger partial charge < -0.3 is 19.3 Å². The molecule has 0 aliphatic carbocycles. The van der Waals surface area contributed by atoms with Crippen molar-refractivity contribution in [2.24, 2.45) is 0 Å². The van der Waals surface area contributed by atoms with Gasteiger partial charge in [0.25, 0.3) is 0 Å².